The number of pyridine rings is 1. The summed E-state index contributed by atoms with van der Waals surface area (Å²) in [5.41, 5.74) is 2.11. The van der Waals surface area contributed by atoms with E-state index in [0.717, 1.165) is 16.5 Å². The zero-order chi connectivity index (χ0) is 10.8. The number of rotatable bonds is 2. The van der Waals surface area contributed by atoms with E-state index in [-0.39, 0.29) is 5.56 Å². The van der Waals surface area contributed by atoms with Gasteiger partial charge in [0.25, 0.3) is 5.56 Å². The Morgan fingerprint density at radius 2 is 1.73 bits per heavy atom. The number of aromatic nitrogens is 1. The van der Waals surface area contributed by atoms with E-state index in [9.17, 15) is 4.79 Å². The lowest BCUT2D eigenvalue weighted by atomic mass is 10.0. The first kappa shape index (κ1) is 9.46. The predicted molar refractivity (Wildman–Crippen MR) is 64.8 cm³/mol. The standard InChI is InChI=1S/C13H11NO/c1-3-9-10(4-2)13(15)14-12-8-6-5-7-11(9)12/h3-8H,1-2H2,(H,14,15). The molecule has 0 amide bonds. The van der Waals surface area contributed by atoms with Crippen LogP contribution in [-0.4, -0.2) is 4.98 Å². The van der Waals surface area contributed by atoms with Crippen LogP contribution in [0.25, 0.3) is 23.1 Å². The Hall–Kier alpha value is -2.09. The fourth-order valence-corrected chi connectivity index (χ4v) is 1.71. The second kappa shape index (κ2) is 3.58. The quantitative estimate of drug-likeness (QED) is 0.788. The lowest BCUT2D eigenvalue weighted by Gasteiger charge is -2.05. The van der Waals surface area contributed by atoms with Gasteiger partial charge in [-0.1, -0.05) is 43.5 Å². The van der Waals surface area contributed by atoms with Gasteiger partial charge in [-0.25, -0.2) is 0 Å². The number of aromatic amines is 1. The van der Waals surface area contributed by atoms with Crippen LogP contribution in [0.3, 0.4) is 0 Å². The van der Waals surface area contributed by atoms with Crippen LogP contribution >= 0.6 is 0 Å². The van der Waals surface area contributed by atoms with Crippen LogP contribution in [0, 0.1) is 0 Å². The zero-order valence-electron chi connectivity index (χ0n) is 8.29. The molecule has 74 valence electrons. The number of fused-ring (bicyclic) bond motifs is 1. The molecule has 0 unspecified atom stereocenters. The Kier molecular flexibility index (Phi) is 2.26. The van der Waals surface area contributed by atoms with Crippen LogP contribution in [0.4, 0.5) is 0 Å². The second-order valence-corrected chi connectivity index (χ2v) is 3.24. The Balaban J connectivity index is 3.04. The van der Waals surface area contributed by atoms with E-state index in [1.54, 1.807) is 12.2 Å². The molecule has 0 fully saturated rings. The second-order valence-electron chi connectivity index (χ2n) is 3.24. The Morgan fingerprint density at radius 1 is 1.07 bits per heavy atom. The number of para-hydroxylation sites is 1. The largest absolute Gasteiger partial charge is 0.321 e. The maximum atomic E-state index is 11.7. The monoisotopic (exact) mass is 197 g/mol. The lowest BCUT2D eigenvalue weighted by molar-refractivity contribution is 1.28. The molecule has 1 heterocycles. The molecule has 0 saturated carbocycles. The fraction of sp³-hybridized carbons (Fsp3) is 0. The summed E-state index contributed by atoms with van der Waals surface area (Å²) in [7, 11) is 0. The molecule has 2 heteroatoms. The van der Waals surface area contributed by atoms with Crippen molar-refractivity contribution in [1.29, 1.82) is 0 Å². The highest BCUT2D eigenvalue weighted by Crippen LogP contribution is 2.19. The van der Waals surface area contributed by atoms with Gasteiger partial charge in [-0.05, 0) is 11.6 Å². The molecule has 1 aromatic heterocycles. The van der Waals surface area contributed by atoms with Gasteiger partial charge < -0.3 is 4.98 Å². The molecule has 0 spiro atoms. The maximum Gasteiger partial charge on any atom is 0.256 e. The molecule has 0 saturated heterocycles. The molecule has 0 aliphatic carbocycles. The number of hydrogen-bond donors (Lipinski definition) is 1. The van der Waals surface area contributed by atoms with Crippen LogP contribution in [-0.2, 0) is 0 Å². The summed E-state index contributed by atoms with van der Waals surface area (Å²) in [4.78, 5) is 14.5. The summed E-state index contributed by atoms with van der Waals surface area (Å²) < 4.78 is 0. The number of hydrogen-bond acceptors (Lipinski definition) is 1. The average Bonchev–Trinajstić information content (AvgIpc) is 2.27. The van der Waals surface area contributed by atoms with Gasteiger partial charge in [0, 0.05) is 16.5 Å². The van der Waals surface area contributed by atoms with Crippen molar-refractivity contribution in [3.05, 3.63) is 58.9 Å². The summed E-state index contributed by atoms with van der Waals surface area (Å²) in [6.07, 6.45) is 3.25. The number of nitrogens with one attached hydrogen (secondary N) is 1. The molecule has 2 aromatic rings. The van der Waals surface area contributed by atoms with Crippen molar-refractivity contribution < 1.29 is 0 Å². The summed E-state index contributed by atoms with van der Waals surface area (Å²) in [6.45, 7) is 7.37. The highest BCUT2D eigenvalue weighted by molar-refractivity contribution is 5.90. The predicted octanol–water partition coefficient (Wildman–Crippen LogP) is 2.81. The first-order valence-corrected chi connectivity index (χ1v) is 4.68. The summed E-state index contributed by atoms with van der Waals surface area (Å²) >= 11 is 0. The van der Waals surface area contributed by atoms with Crippen LogP contribution in [0.5, 0.6) is 0 Å². The molecule has 2 rings (SSSR count). The fourth-order valence-electron chi connectivity index (χ4n) is 1.71. The number of H-pyrrole nitrogens is 1. The van der Waals surface area contributed by atoms with Gasteiger partial charge in [-0.15, -0.1) is 0 Å². The first-order valence-electron chi connectivity index (χ1n) is 4.68. The third kappa shape index (κ3) is 1.40. The van der Waals surface area contributed by atoms with E-state index in [0.29, 0.717) is 5.56 Å². The van der Waals surface area contributed by atoms with Gasteiger partial charge >= 0.3 is 0 Å². The molecule has 1 N–H and O–H groups in total. The molecule has 1 aromatic carbocycles. The van der Waals surface area contributed by atoms with Crippen molar-refractivity contribution in [2.45, 2.75) is 0 Å². The van der Waals surface area contributed by atoms with Gasteiger partial charge in [-0.3, -0.25) is 4.79 Å². The first-order chi connectivity index (χ1) is 7.27. The highest BCUT2D eigenvalue weighted by atomic mass is 16.1. The third-order valence-electron chi connectivity index (χ3n) is 2.41. The minimum Gasteiger partial charge on any atom is -0.321 e. The van der Waals surface area contributed by atoms with Crippen molar-refractivity contribution in [2.75, 3.05) is 0 Å². The van der Waals surface area contributed by atoms with Crippen molar-refractivity contribution in [3.8, 4) is 0 Å². The van der Waals surface area contributed by atoms with Crippen LogP contribution in [0.1, 0.15) is 11.1 Å². The molecule has 0 aliphatic heterocycles. The van der Waals surface area contributed by atoms with E-state index >= 15 is 0 Å². The SMILES string of the molecule is C=Cc1c(C=C)c2ccccc2[nH]c1=O. The molecule has 0 atom stereocenters. The van der Waals surface area contributed by atoms with Crippen LogP contribution < -0.4 is 5.56 Å². The van der Waals surface area contributed by atoms with E-state index in [1.165, 1.54) is 0 Å². The Labute approximate surface area is 87.6 Å². The zero-order valence-corrected chi connectivity index (χ0v) is 8.29. The van der Waals surface area contributed by atoms with Crippen molar-refractivity contribution >= 4 is 23.1 Å². The number of benzene rings is 1. The maximum absolute atomic E-state index is 11.7. The third-order valence-corrected chi connectivity index (χ3v) is 2.41. The highest BCUT2D eigenvalue weighted by Gasteiger charge is 2.06. The van der Waals surface area contributed by atoms with E-state index in [2.05, 4.69) is 18.1 Å². The van der Waals surface area contributed by atoms with Crippen molar-refractivity contribution in [3.63, 3.8) is 0 Å². The average molecular weight is 197 g/mol. The van der Waals surface area contributed by atoms with Gasteiger partial charge in [-0.2, -0.15) is 0 Å². The van der Waals surface area contributed by atoms with Crippen molar-refractivity contribution in [2.24, 2.45) is 0 Å². The van der Waals surface area contributed by atoms with Gasteiger partial charge in [0.15, 0.2) is 0 Å². The Morgan fingerprint density at radius 3 is 2.40 bits per heavy atom. The normalized spacial score (nSPS) is 10.1. The van der Waals surface area contributed by atoms with E-state index < -0.39 is 0 Å². The van der Waals surface area contributed by atoms with E-state index in [4.69, 9.17) is 0 Å². The summed E-state index contributed by atoms with van der Waals surface area (Å²) in [6, 6.07) is 7.64. The van der Waals surface area contributed by atoms with Crippen LogP contribution in [0.2, 0.25) is 0 Å². The minimum atomic E-state index is -0.126. The molecule has 0 aliphatic rings. The smallest absolute Gasteiger partial charge is 0.256 e. The molecular formula is C13H11NO. The topological polar surface area (TPSA) is 32.9 Å². The molecule has 0 radical (unpaired) electrons. The van der Waals surface area contributed by atoms with Crippen LogP contribution in [0.15, 0.2) is 42.2 Å². The minimum absolute atomic E-state index is 0.126. The van der Waals surface area contributed by atoms with Gasteiger partial charge in [0.1, 0.15) is 0 Å². The van der Waals surface area contributed by atoms with E-state index in [1.807, 2.05) is 24.3 Å². The van der Waals surface area contributed by atoms with Gasteiger partial charge in [0.2, 0.25) is 0 Å². The lowest BCUT2D eigenvalue weighted by Crippen LogP contribution is -2.11. The summed E-state index contributed by atoms with van der Waals surface area (Å²) in [5.74, 6) is 0. The summed E-state index contributed by atoms with van der Waals surface area (Å²) in [5, 5.41) is 0.988. The molecule has 0 bridgehead atoms. The molecular weight excluding hydrogens is 186 g/mol. The molecule has 2 nitrogen and oxygen atoms in total. The Bertz CT molecular complexity index is 593. The van der Waals surface area contributed by atoms with Gasteiger partial charge in [0.05, 0.1) is 0 Å². The molecule has 15 heavy (non-hydrogen) atoms. The van der Waals surface area contributed by atoms with Crippen molar-refractivity contribution in [1.82, 2.24) is 4.98 Å².